The highest BCUT2D eigenvalue weighted by molar-refractivity contribution is 5.47. The van der Waals surface area contributed by atoms with Gasteiger partial charge in [-0.05, 0) is 36.1 Å². The summed E-state index contributed by atoms with van der Waals surface area (Å²) in [6.07, 6.45) is 3.88. The molecule has 1 atom stereocenters. The van der Waals surface area contributed by atoms with Crippen molar-refractivity contribution in [1.82, 2.24) is 4.98 Å². The van der Waals surface area contributed by atoms with E-state index in [-0.39, 0.29) is 0 Å². The first-order chi connectivity index (χ1) is 9.29. The second-order valence-corrected chi connectivity index (χ2v) is 4.88. The predicted molar refractivity (Wildman–Crippen MR) is 74.9 cm³/mol. The molecule has 2 aromatic rings. The Morgan fingerprint density at radius 1 is 1.26 bits per heavy atom. The molecule has 1 aliphatic carbocycles. The second-order valence-electron chi connectivity index (χ2n) is 4.88. The van der Waals surface area contributed by atoms with Crippen molar-refractivity contribution in [2.24, 2.45) is 0 Å². The Kier molecular flexibility index (Phi) is 2.92. The van der Waals surface area contributed by atoms with E-state index in [2.05, 4.69) is 47.3 Å². The minimum absolute atomic E-state index is 0.386. The molecule has 1 aromatic heterocycles. The van der Waals surface area contributed by atoms with E-state index in [1.54, 1.807) is 6.20 Å². The van der Waals surface area contributed by atoms with Gasteiger partial charge in [0.1, 0.15) is 11.9 Å². The summed E-state index contributed by atoms with van der Waals surface area (Å²) in [7, 11) is 2.07. The van der Waals surface area contributed by atoms with Gasteiger partial charge in [-0.2, -0.15) is 5.26 Å². The third-order valence-electron chi connectivity index (χ3n) is 3.81. The number of hydrogen-bond acceptors (Lipinski definition) is 3. The summed E-state index contributed by atoms with van der Waals surface area (Å²) in [5.74, 6) is 0.917. The summed E-state index contributed by atoms with van der Waals surface area (Å²) in [4.78, 5) is 6.57. The molecule has 0 N–H and O–H groups in total. The summed E-state index contributed by atoms with van der Waals surface area (Å²) >= 11 is 0. The lowest BCUT2D eigenvalue weighted by Gasteiger charge is -2.26. The Hall–Kier alpha value is -2.34. The molecule has 0 fully saturated rings. The molecule has 0 unspecified atom stereocenters. The van der Waals surface area contributed by atoms with Gasteiger partial charge in [-0.1, -0.05) is 24.3 Å². The molecule has 0 aliphatic heterocycles. The van der Waals surface area contributed by atoms with Crippen LogP contribution in [0.15, 0.2) is 42.6 Å². The van der Waals surface area contributed by atoms with Crippen molar-refractivity contribution in [3.05, 3.63) is 59.3 Å². The SMILES string of the molecule is CN(c1ccc(C#N)cn1)[C@@H]1CCc2ccccc21. The molecule has 3 nitrogen and oxygen atoms in total. The average Bonchev–Trinajstić information content (AvgIpc) is 2.90. The number of fused-ring (bicyclic) bond motifs is 1. The van der Waals surface area contributed by atoms with Crippen molar-refractivity contribution in [2.75, 3.05) is 11.9 Å². The predicted octanol–water partition coefficient (Wildman–Crippen LogP) is 3.08. The lowest BCUT2D eigenvalue weighted by atomic mass is 10.1. The number of anilines is 1. The minimum atomic E-state index is 0.386. The number of pyridine rings is 1. The van der Waals surface area contributed by atoms with E-state index in [4.69, 9.17) is 5.26 Å². The van der Waals surface area contributed by atoms with Gasteiger partial charge >= 0.3 is 0 Å². The Bertz CT molecular complexity index is 625. The van der Waals surface area contributed by atoms with E-state index < -0.39 is 0 Å². The topological polar surface area (TPSA) is 39.9 Å². The highest BCUT2D eigenvalue weighted by Gasteiger charge is 2.26. The maximum absolute atomic E-state index is 8.81. The van der Waals surface area contributed by atoms with Crippen LogP contribution in [0.5, 0.6) is 0 Å². The van der Waals surface area contributed by atoms with Crippen molar-refractivity contribution < 1.29 is 0 Å². The van der Waals surface area contributed by atoms with Crippen LogP contribution in [-0.2, 0) is 6.42 Å². The van der Waals surface area contributed by atoms with E-state index in [1.165, 1.54) is 11.1 Å². The van der Waals surface area contributed by atoms with Crippen LogP contribution >= 0.6 is 0 Å². The monoisotopic (exact) mass is 249 g/mol. The van der Waals surface area contributed by atoms with E-state index in [0.717, 1.165) is 18.7 Å². The van der Waals surface area contributed by atoms with Crippen LogP contribution in [0.1, 0.15) is 29.2 Å². The van der Waals surface area contributed by atoms with Crippen molar-refractivity contribution in [1.29, 1.82) is 5.26 Å². The summed E-state index contributed by atoms with van der Waals surface area (Å²) in [5.41, 5.74) is 3.44. The standard InChI is InChI=1S/C16H15N3/c1-19(16-9-6-12(10-17)11-18-16)15-8-7-13-4-2-3-5-14(13)15/h2-6,9,11,15H,7-8H2,1H3/t15-/m1/s1. The fourth-order valence-corrected chi connectivity index (χ4v) is 2.76. The zero-order valence-corrected chi connectivity index (χ0v) is 10.9. The summed E-state index contributed by atoms with van der Waals surface area (Å²) < 4.78 is 0. The summed E-state index contributed by atoms with van der Waals surface area (Å²) in [5, 5.41) is 8.81. The van der Waals surface area contributed by atoms with Crippen LogP contribution < -0.4 is 4.90 Å². The van der Waals surface area contributed by atoms with Gasteiger partial charge in [0, 0.05) is 13.2 Å². The molecular formula is C16H15N3. The van der Waals surface area contributed by atoms with Crippen LogP contribution in [0.3, 0.4) is 0 Å². The number of hydrogen-bond donors (Lipinski definition) is 0. The highest BCUT2D eigenvalue weighted by Crippen LogP contribution is 2.36. The van der Waals surface area contributed by atoms with E-state index in [9.17, 15) is 0 Å². The van der Waals surface area contributed by atoms with Gasteiger partial charge in [0.2, 0.25) is 0 Å². The molecule has 0 saturated carbocycles. The van der Waals surface area contributed by atoms with Crippen molar-refractivity contribution in [3.63, 3.8) is 0 Å². The third-order valence-corrected chi connectivity index (χ3v) is 3.81. The maximum Gasteiger partial charge on any atom is 0.128 e. The molecule has 94 valence electrons. The fraction of sp³-hybridized carbons (Fsp3) is 0.250. The summed E-state index contributed by atoms with van der Waals surface area (Å²) in [6.45, 7) is 0. The zero-order chi connectivity index (χ0) is 13.2. The Balaban J connectivity index is 1.89. The van der Waals surface area contributed by atoms with E-state index >= 15 is 0 Å². The fourth-order valence-electron chi connectivity index (χ4n) is 2.76. The van der Waals surface area contributed by atoms with Crippen LogP contribution in [0.4, 0.5) is 5.82 Å². The molecule has 0 radical (unpaired) electrons. The van der Waals surface area contributed by atoms with Gasteiger partial charge in [-0.25, -0.2) is 4.98 Å². The number of nitriles is 1. The van der Waals surface area contributed by atoms with E-state index in [1.807, 2.05) is 12.1 Å². The Labute approximate surface area is 113 Å². The number of benzene rings is 1. The molecule has 19 heavy (non-hydrogen) atoms. The van der Waals surface area contributed by atoms with Gasteiger partial charge in [0.05, 0.1) is 11.6 Å². The number of nitrogens with zero attached hydrogens (tertiary/aromatic N) is 3. The average molecular weight is 249 g/mol. The highest BCUT2D eigenvalue weighted by atomic mass is 15.2. The first-order valence-corrected chi connectivity index (χ1v) is 6.46. The Morgan fingerprint density at radius 3 is 2.84 bits per heavy atom. The molecular weight excluding hydrogens is 234 g/mol. The number of rotatable bonds is 2. The lowest BCUT2D eigenvalue weighted by Crippen LogP contribution is -2.23. The molecule has 3 heteroatoms. The minimum Gasteiger partial charge on any atom is -0.353 e. The first-order valence-electron chi connectivity index (χ1n) is 6.46. The molecule has 0 bridgehead atoms. The Morgan fingerprint density at radius 2 is 2.11 bits per heavy atom. The van der Waals surface area contributed by atoms with Gasteiger partial charge in [-0.3, -0.25) is 0 Å². The zero-order valence-electron chi connectivity index (χ0n) is 10.9. The van der Waals surface area contributed by atoms with Gasteiger partial charge in [0.25, 0.3) is 0 Å². The van der Waals surface area contributed by atoms with Crippen molar-refractivity contribution >= 4 is 5.82 Å². The van der Waals surface area contributed by atoms with Crippen LogP contribution in [-0.4, -0.2) is 12.0 Å². The smallest absolute Gasteiger partial charge is 0.128 e. The van der Waals surface area contributed by atoms with Crippen LogP contribution in [0, 0.1) is 11.3 Å². The van der Waals surface area contributed by atoms with Gasteiger partial charge in [0.15, 0.2) is 0 Å². The molecule has 1 heterocycles. The molecule has 0 spiro atoms. The second kappa shape index (κ2) is 4.74. The van der Waals surface area contributed by atoms with Crippen molar-refractivity contribution in [2.45, 2.75) is 18.9 Å². The normalized spacial score (nSPS) is 16.7. The number of aryl methyl sites for hydroxylation is 1. The van der Waals surface area contributed by atoms with Gasteiger partial charge < -0.3 is 4.90 Å². The third kappa shape index (κ3) is 2.06. The van der Waals surface area contributed by atoms with E-state index in [0.29, 0.717) is 11.6 Å². The van der Waals surface area contributed by atoms with Crippen LogP contribution in [0.25, 0.3) is 0 Å². The summed E-state index contributed by atoms with van der Waals surface area (Å²) in [6, 6.07) is 14.8. The largest absolute Gasteiger partial charge is 0.353 e. The van der Waals surface area contributed by atoms with Crippen LogP contribution in [0.2, 0.25) is 0 Å². The molecule has 0 amide bonds. The van der Waals surface area contributed by atoms with Gasteiger partial charge in [-0.15, -0.1) is 0 Å². The molecule has 1 aliphatic rings. The first kappa shape index (κ1) is 11.7. The number of aromatic nitrogens is 1. The molecule has 1 aromatic carbocycles. The lowest BCUT2D eigenvalue weighted by molar-refractivity contribution is 0.655. The van der Waals surface area contributed by atoms with Crippen molar-refractivity contribution in [3.8, 4) is 6.07 Å². The maximum atomic E-state index is 8.81. The quantitative estimate of drug-likeness (QED) is 0.821. The molecule has 3 rings (SSSR count). The molecule has 0 saturated heterocycles.